The number of rotatable bonds is 3. The number of carbonyl (C=O) groups is 1. The number of alkyl halides is 3. The summed E-state index contributed by atoms with van der Waals surface area (Å²) in [5.74, 6) is -1.37. The van der Waals surface area contributed by atoms with Crippen LogP contribution >= 0.6 is 0 Å². The van der Waals surface area contributed by atoms with Gasteiger partial charge < -0.3 is 14.8 Å². The molecule has 0 bridgehead atoms. The van der Waals surface area contributed by atoms with Crippen molar-refractivity contribution in [3.8, 4) is 0 Å². The molecule has 1 unspecified atom stereocenters. The van der Waals surface area contributed by atoms with Gasteiger partial charge in [0, 0.05) is 12.1 Å². The fourth-order valence-electron chi connectivity index (χ4n) is 1.82. The van der Waals surface area contributed by atoms with Gasteiger partial charge in [-0.05, 0) is 18.2 Å². The number of halogens is 4. The first-order chi connectivity index (χ1) is 9.88. The number of hydrogen-bond donors (Lipinski definition) is 1. The van der Waals surface area contributed by atoms with E-state index in [1.54, 1.807) is 0 Å². The fourth-order valence-corrected chi connectivity index (χ4v) is 1.82. The monoisotopic (exact) mass is 307 g/mol. The van der Waals surface area contributed by atoms with Gasteiger partial charge in [-0.2, -0.15) is 13.2 Å². The highest BCUT2D eigenvalue weighted by Crippen LogP contribution is 2.30. The zero-order chi connectivity index (χ0) is 15.5. The third-order valence-electron chi connectivity index (χ3n) is 2.93. The molecule has 21 heavy (non-hydrogen) atoms. The average Bonchev–Trinajstić information content (AvgIpc) is 2.45. The Morgan fingerprint density at radius 3 is 2.71 bits per heavy atom. The molecule has 0 saturated carbocycles. The average molecular weight is 307 g/mol. The van der Waals surface area contributed by atoms with E-state index < -0.39 is 29.6 Å². The molecule has 1 amide bonds. The second kappa shape index (κ2) is 6.40. The number of ether oxygens (including phenoxy) is 2. The van der Waals surface area contributed by atoms with E-state index in [2.05, 4.69) is 5.32 Å². The van der Waals surface area contributed by atoms with Crippen molar-refractivity contribution >= 4 is 5.91 Å². The smallest absolute Gasteiger partial charge is 0.376 e. The van der Waals surface area contributed by atoms with Gasteiger partial charge in [-0.25, -0.2) is 4.39 Å². The number of carbonyl (C=O) groups excluding carboxylic acids is 1. The minimum absolute atomic E-state index is 0.0664. The van der Waals surface area contributed by atoms with Gasteiger partial charge in [0.05, 0.1) is 25.4 Å². The molecule has 1 atom stereocenters. The van der Waals surface area contributed by atoms with E-state index in [1.807, 2.05) is 0 Å². The predicted molar refractivity (Wildman–Crippen MR) is 63.8 cm³/mol. The third-order valence-corrected chi connectivity index (χ3v) is 2.93. The molecule has 1 heterocycles. The van der Waals surface area contributed by atoms with Gasteiger partial charge in [0.2, 0.25) is 0 Å². The van der Waals surface area contributed by atoms with Gasteiger partial charge in [-0.3, -0.25) is 4.79 Å². The second-order valence-corrected chi connectivity index (χ2v) is 4.46. The Hall–Kier alpha value is -1.67. The van der Waals surface area contributed by atoms with Crippen LogP contribution in [0.25, 0.3) is 0 Å². The standard InChI is InChI=1S/C13H13F4NO3/c14-10-2-1-9(13(15,16)17)5-8(10)6-18-12(19)11-7-20-3-4-21-11/h1-2,5,11H,3-4,6-7H2,(H,18,19). The largest absolute Gasteiger partial charge is 0.416 e. The Kier molecular flexibility index (Phi) is 4.79. The summed E-state index contributed by atoms with van der Waals surface area (Å²) >= 11 is 0. The Morgan fingerprint density at radius 1 is 1.33 bits per heavy atom. The van der Waals surface area contributed by atoms with Crippen LogP contribution in [0.5, 0.6) is 0 Å². The SMILES string of the molecule is O=C(NCc1cc(C(F)(F)F)ccc1F)C1COCCO1. The van der Waals surface area contributed by atoms with E-state index in [0.717, 1.165) is 6.07 Å². The summed E-state index contributed by atoms with van der Waals surface area (Å²) in [4.78, 5) is 11.7. The summed E-state index contributed by atoms with van der Waals surface area (Å²) in [5, 5.41) is 2.34. The quantitative estimate of drug-likeness (QED) is 0.867. The molecule has 1 aromatic rings. The summed E-state index contributed by atoms with van der Waals surface area (Å²) in [6, 6.07) is 2.05. The maximum absolute atomic E-state index is 13.5. The molecule has 116 valence electrons. The van der Waals surface area contributed by atoms with E-state index in [0.29, 0.717) is 18.7 Å². The minimum Gasteiger partial charge on any atom is -0.376 e. The Labute approximate surface area is 118 Å². The maximum atomic E-state index is 13.5. The minimum atomic E-state index is -4.56. The van der Waals surface area contributed by atoms with Crippen molar-refractivity contribution in [1.82, 2.24) is 5.32 Å². The van der Waals surface area contributed by atoms with Gasteiger partial charge in [0.1, 0.15) is 5.82 Å². The predicted octanol–water partition coefficient (Wildman–Crippen LogP) is 1.88. The summed E-state index contributed by atoms with van der Waals surface area (Å²) in [6.45, 7) is 0.355. The molecule has 1 N–H and O–H groups in total. The first-order valence-electron chi connectivity index (χ1n) is 6.20. The Morgan fingerprint density at radius 2 is 2.10 bits per heavy atom. The van der Waals surface area contributed by atoms with Crippen molar-refractivity contribution in [2.45, 2.75) is 18.8 Å². The first-order valence-corrected chi connectivity index (χ1v) is 6.20. The maximum Gasteiger partial charge on any atom is 0.416 e. The summed E-state index contributed by atoms with van der Waals surface area (Å²) in [7, 11) is 0. The molecule has 1 aliphatic heterocycles. The zero-order valence-electron chi connectivity index (χ0n) is 10.9. The molecule has 4 nitrogen and oxygen atoms in total. The molecule has 2 rings (SSSR count). The van der Waals surface area contributed by atoms with E-state index in [9.17, 15) is 22.4 Å². The van der Waals surface area contributed by atoms with E-state index in [-0.39, 0.29) is 25.3 Å². The number of hydrogen-bond acceptors (Lipinski definition) is 3. The summed E-state index contributed by atoms with van der Waals surface area (Å²) in [5.41, 5.74) is -1.21. The molecule has 1 fully saturated rings. The number of nitrogens with one attached hydrogen (secondary N) is 1. The lowest BCUT2D eigenvalue weighted by molar-refractivity contribution is -0.147. The van der Waals surface area contributed by atoms with Crippen LogP contribution in [-0.2, 0) is 27.0 Å². The van der Waals surface area contributed by atoms with Crippen LogP contribution < -0.4 is 5.32 Å². The van der Waals surface area contributed by atoms with Gasteiger partial charge in [0.15, 0.2) is 6.10 Å². The summed E-state index contributed by atoms with van der Waals surface area (Å²) in [6.07, 6.45) is -5.39. The second-order valence-electron chi connectivity index (χ2n) is 4.46. The molecule has 8 heteroatoms. The van der Waals surface area contributed by atoms with E-state index in [1.165, 1.54) is 0 Å². The molecule has 0 radical (unpaired) electrons. The van der Waals surface area contributed by atoms with Crippen LogP contribution in [0.2, 0.25) is 0 Å². The lowest BCUT2D eigenvalue weighted by atomic mass is 10.1. The van der Waals surface area contributed by atoms with Crippen molar-refractivity contribution in [3.05, 3.63) is 35.1 Å². The summed E-state index contributed by atoms with van der Waals surface area (Å²) < 4.78 is 61.3. The molecule has 0 aromatic heterocycles. The Bertz CT molecular complexity index is 513. The lowest BCUT2D eigenvalue weighted by Gasteiger charge is -2.22. The fraction of sp³-hybridized carbons (Fsp3) is 0.462. The van der Waals surface area contributed by atoms with Gasteiger partial charge in [-0.1, -0.05) is 0 Å². The molecule has 1 aromatic carbocycles. The van der Waals surface area contributed by atoms with Gasteiger partial charge in [0.25, 0.3) is 5.91 Å². The van der Waals surface area contributed by atoms with Crippen molar-refractivity contribution in [3.63, 3.8) is 0 Å². The van der Waals surface area contributed by atoms with E-state index >= 15 is 0 Å². The van der Waals surface area contributed by atoms with Gasteiger partial charge >= 0.3 is 6.18 Å². The van der Waals surface area contributed by atoms with Gasteiger partial charge in [-0.15, -0.1) is 0 Å². The van der Waals surface area contributed by atoms with Crippen LogP contribution in [0.3, 0.4) is 0 Å². The highest BCUT2D eigenvalue weighted by Gasteiger charge is 2.31. The van der Waals surface area contributed by atoms with Crippen molar-refractivity contribution in [2.75, 3.05) is 19.8 Å². The van der Waals surface area contributed by atoms with E-state index in [4.69, 9.17) is 9.47 Å². The van der Waals surface area contributed by atoms with Crippen molar-refractivity contribution in [2.24, 2.45) is 0 Å². The molecular formula is C13H13F4NO3. The number of amides is 1. The highest BCUT2D eigenvalue weighted by atomic mass is 19.4. The molecule has 1 saturated heterocycles. The lowest BCUT2D eigenvalue weighted by Crippen LogP contribution is -2.42. The molecule has 1 aliphatic rings. The highest BCUT2D eigenvalue weighted by molar-refractivity contribution is 5.80. The van der Waals surface area contributed by atoms with Crippen LogP contribution in [0, 0.1) is 5.82 Å². The molecule has 0 spiro atoms. The van der Waals surface area contributed by atoms with Crippen LogP contribution in [-0.4, -0.2) is 31.8 Å². The Balaban J connectivity index is 2.00. The van der Waals surface area contributed by atoms with Crippen LogP contribution in [0.1, 0.15) is 11.1 Å². The number of benzene rings is 1. The topological polar surface area (TPSA) is 47.6 Å². The van der Waals surface area contributed by atoms with Crippen molar-refractivity contribution < 1.29 is 31.8 Å². The molecule has 0 aliphatic carbocycles. The normalized spacial score (nSPS) is 19.3. The third kappa shape index (κ3) is 4.15. The zero-order valence-corrected chi connectivity index (χ0v) is 10.9. The van der Waals surface area contributed by atoms with Crippen LogP contribution in [0.15, 0.2) is 18.2 Å². The van der Waals surface area contributed by atoms with Crippen LogP contribution in [0.4, 0.5) is 17.6 Å². The van der Waals surface area contributed by atoms with Crippen molar-refractivity contribution in [1.29, 1.82) is 0 Å². The molecular weight excluding hydrogens is 294 g/mol. The first kappa shape index (κ1) is 15.7.